The number of carbonyl (C=O) groups excluding carboxylic acids is 4. The van der Waals surface area contributed by atoms with Crippen LogP contribution in [0.4, 0.5) is 0 Å². The topological polar surface area (TPSA) is 92.8 Å². The summed E-state index contributed by atoms with van der Waals surface area (Å²) in [6.07, 6.45) is 0. The van der Waals surface area contributed by atoms with Crippen molar-refractivity contribution in [3.05, 3.63) is 70.8 Å². The first-order valence-electron chi connectivity index (χ1n) is 9.78. The molecule has 0 aliphatic carbocycles. The number of ether oxygens (including phenoxy) is 1. The van der Waals surface area contributed by atoms with E-state index in [1.807, 2.05) is 20.8 Å². The van der Waals surface area contributed by atoms with Crippen molar-refractivity contribution in [2.75, 3.05) is 6.61 Å². The van der Waals surface area contributed by atoms with Crippen LogP contribution in [0, 0.1) is 5.92 Å². The molecule has 0 bridgehead atoms. The van der Waals surface area contributed by atoms with Crippen molar-refractivity contribution in [3.8, 4) is 0 Å². The van der Waals surface area contributed by atoms with Gasteiger partial charge in [-0.15, -0.1) is 0 Å². The van der Waals surface area contributed by atoms with Gasteiger partial charge in [-0.05, 0) is 42.7 Å². The van der Waals surface area contributed by atoms with Crippen molar-refractivity contribution in [3.63, 3.8) is 0 Å². The smallest absolute Gasteiger partial charge is 0.338 e. The fourth-order valence-corrected chi connectivity index (χ4v) is 3.04. The highest BCUT2D eigenvalue weighted by Gasteiger charge is 2.35. The van der Waals surface area contributed by atoms with Gasteiger partial charge < -0.3 is 10.1 Å². The van der Waals surface area contributed by atoms with Crippen molar-refractivity contribution in [2.24, 2.45) is 5.92 Å². The highest BCUT2D eigenvalue weighted by Crippen LogP contribution is 2.24. The Morgan fingerprint density at radius 2 is 1.60 bits per heavy atom. The Hall–Kier alpha value is -3.48. The zero-order chi connectivity index (χ0) is 21.8. The summed E-state index contributed by atoms with van der Waals surface area (Å²) in [4.78, 5) is 50.4. The zero-order valence-corrected chi connectivity index (χ0v) is 17.2. The van der Waals surface area contributed by atoms with Gasteiger partial charge in [-0.3, -0.25) is 19.3 Å². The molecule has 7 heteroatoms. The number of nitrogens with one attached hydrogen (secondary N) is 1. The average molecular weight is 408 g/mol. The number of carbonyl (C=O) groups is 4. The van der Waals surface area contributed by atoms with Gasteiger partial charge >= 0.3 is 5.97 Å². The minimum Gasteiger partial charge on any atom is -0.452 e. The number of rotatable bonds is 7. The van der Waals surface area contributed by atoms with E-state index in [0.29, 0.717) is 16.7 Å². The van der Waals surface area contributed by atoms with Crippen molar-refractivity contribution < 1.29 is 23.9 Å². The number of amides is 3. The quantitative estimate of drug-likeness (QED) is 0.562. The molecule has 0 radical (unpaired) electrons. The van der Waals surface area contributed by atoms with Gasteiger partial charge in [0.1, 0.15) is 0 Å². The van der Waals surface area contributed by atoms with Crippen molar-refractivity contribution in [2.45, 2.75) is 33.4 Å². The Balaban J connectivity index is 1.63. The average Bonchev–Trinajstić information content (AvgIpc) is 2.97. The highest BCUT2D eigenvalue weighted by molar-refractivity contribution is 6.21. The third-order valence-corrected chi connectivity index (χ3v) is 5.10. The molecule has 0 unspecified atom stereocenters. The maximum Gasteiger partial charge on any atom is 0.338 e. The molecule has 30 heavy (non-hydrogen) atoms. The molecule has 3 amide bonds. The van der Waals surface area contributed by atoms with E-state index in [1.54, 1.807) is 48.5 Å². The van der Waals surface area contributed by atoms with E-state index in [4.69, 9.17) is 4.74 Å². The first kappa shape index (κ1) is 21.2. The van der Waals surface area contributed by atoms with Gasteiger partial charge in [0.25, 0.3) is 17.7 Å². The molecule has 1 aliphatic heterocycles. The molecule has 7 nitrogen and oxygen atoms in total. The van der Waals surface area contributed by atoms with E-state index in [0.717, 1.165) is 4.90 Å². The van der Waals surface area contributed by atoms with Crippen LogP contribution in [0.3, 0.4) is 0 Å². The number of nitrogens with zero attached hydrogens (tertiary/aromatic N) is 1. The SMILES string of the molecule is CC(C)[C@H](C)NC(=O)COC(=O)c1cccc(CN2C(=O)c3ccccc3C2=O)c1. The molecule has 1 atom stereocenters. The molecular formula is C23H24N2O5. The second-order valence-corrected chi connectivity index (χ2v) is 7.62. The van der Waals surface area contributed by atoms with E-state index < -0.39 is 5.97 Å². The Morgan fingerprint density at radius 1 is 0.967 bits per heavy atom. The number of benzene rings is 2. The van der Waals surface area contributed by atoms with Crippen LogP contribution in [0.25, 0.3) is 0 Å². The van der Waals surface area contributed by atoms with Gasteiger partial charge in [0.15, 0.2) is 6.61 Å². The molecule has 2 aromatic rings. The predicted molar refractivity (Wildman–Crippen MR) is 110 cm³/mol. The van der Waals surface area contributed by atoms with Crippen molar-refractivity contribution in [1.29, 1.82) is 0 Å². The molecule has 1 heterocycles. The van der Waals surface area contributed by atoms with Gasteiger partial charge in [0, 0.05) is 6.04 Å². The third-order valence-electron chi connectivity index (χ3n) is 5.10. The summed E-state index contributed by atoms with van der Waals surface area (Å²) in [6, 6.07) is 13.1. The number of imide groups is 1. The van der Waals surface area contributed by atoms with E-state index in [2.05, 4.69) is 5.32 Å². The van der Waals surface area contributed by atoms with Crippen LogP contribution < -0.4 is 5.32 Å². The van der Waals surface area contributed by atoms with Gasteiger partial charge in [-0.1, -0.05) is 38.1 Å². The molecule has 3 rings (SSSR count). The molecule has 1 N–H and O–H groups in total. The first-order chi connectivity index (χ1) is 14.3. The van der Waals surface area contributed by atoms with Crippen molar-refractivity contribution >= 4 is 23.7 Å². The van der Waals surface area contributed by atoms with Gasteiger partial charge in [0.2, 0.25) is 0 Å². The summed E-state index contributed by atoms with van der Waals surface area (Å²) in [6.45, 7) is 5.51. The minimum absolute atomic E-state index is 0.0285. The zero-order valence-electron chi connectivity index (χ0n) is 17.2. The van der Waals surface area contributed by atoms with Crippen LogP contribution in [-0.2, 0) is 16.1 Å². The predicted octanol–water partition coefficient (Wildman–Crippen LogP) is 2.80. The Morgan fingerprint density at radius 3 is 2.20 bits per heavy atom. The van der Waals surface area contributed by atoms with Gasteiger partial charge in [-0.2, -0.15) is 0 Å². The first-order valence-corrected chi connectivity index (χ1v) is 9.78. The standard InChI is InChI=1S/C23H24N2O5/c1-14(2)15(3)24-20(26)13-30-23(29)17-8-6-7-16(11-17)12-25-21(27)18-9-4-5-10-19(18)22(25)28/h4-11,14-15H,12-13H2,1-3H3,(H,24,26)/t15-/m0/s1. The lowest BCUT2D eigenvalue weighted by molar-refractivity contribution is -0.125. The Bertz CT molecular complexity index is 964. The maximum atomic E-state index is 12.5. The molecule has 156 valence electrons. The fourth-order valence-electron chi connectivity index (χ4n) is 3.04. The molecule has 0 aromatic heterocycles. The summed E-state index contributed by atoms with van der Waals surface area (Å²) in [5.74, 6) is -1.47. The van der Waals surface area contributed by atoms with Crippen molar-refractivity contribution in [1.82, 2.24) is 10.2 Å². The maximum absolute atomic E-state index is 12.5. The van der Waals surface area contributed by atoms with E-state index in [9.17, 15) is 19.2 Å². The van der Waals surface area contributed by atoms with Crippen LogP contribution in [-0.4, -0.2) is 41.2 Å². The summed E-state index contributed by atoms with van der Waals surface area (Å²) in [7, 11) is 0. The molecule has 0 fully saturated rings. The number of esters is 1. The highest BCUT2D eigenvalue weighted by atomic mass is 16.5. The summed E-state index contributed by atoms with van der Waals surface area (Å²) in [5, 5.41) is 2.77. The van der Waals surface area contributed by atoms with E-state index in [1.165, 1.54) is 0 Å². The fraction of sp³-hybridized carbons (Fsp3) is 0.304. The number of fused-ring (bicyclic) bond motifs is 1. The lowest BCUT2D eigenvalue weighted by atomic mass is 10.1. The Kier molecular flexibility index (Phi) is 6.30. The molecule has 1 aliphatic rings. The second kappa shape index (κ2) is 8.90. The molecular weight excluding hydrogens is 384 g/mol. The summed E-state index contributed by atoms with van der Waals surface area (Å²) in [5.41, 5.74) is 1.60. The number of hydrogen-bond acceptors (Lipinski definition) is 5. The summed E-state index contributed by atoms with van der Waals surface area (Å²) >= 11 is 0. The molecule has 0 saturated heterocycles. The molecule has 0 saturated carbocycles. The lowest BCUT2D eigenvalue weighted by Gasteiger charge is -2.17. The van der Waals surface area contributed by atoms with Gasteiger partial charge in [-0.25, -0.2) is 4.79 Å². The minimum atomic E-state index is -0.647. The van der Waals surface area contributed by atoms with Crippen LogP contribution >= 0.6 is 0 Å². The van der Waals surface area contributed by atoms with Crippen LogP contribution in [0.5, 0.6) is 0 Å². The lowest BCUT2D eigenvalue weighted by Crippen LogP contribution is -2.38. The Labute approximate surface area is 175 Å². The van der Waals surface area contributed by atoms with Crippen LogP contribution in [0.15, 0.2) is 48.5 Å². The molecule has 2 aromatic carbocycles. The van der Waals surface area contributed by atoms with Crippen LogP contribution in [0.2, 0.25) is 0 Å². The van der Waals surface area contributed by atoms with Crippen LogP contribution in [0.1, 0.15) is 57.4 Å². The number of hydrogen-bond donors (Lipinski definition) is 1. The van der Waals surface area contributed by atoms with E-state index in [-0.39, 0.29) is 48.4 Å². The summed E-state index contributed by atoms with van der Waals surface area (Å²) < 4.78 is 5.09. The molecule has 0 spiro atoms. The second-order valence-electron chi connectivity index (χ2n) is 7.62. The van der Waals surface area contributed by atoms with E-state index >= 15 is 0 Å². The third kappa shape index (κ3) is 4.56. The monoisotopic (exact) mass is 408 g/mol. The largest absolute Gasteiger partial charge is 0.452 e. The van der Waals surface area contributed by atoms with Gasteiger partial charge in [0.05, 0.1) is 23.2 Å². The normalized spacial score (nSPS) is 13.9.